The number of halogens is 3. The zero-order valence-electron chi connectivity index (χ0n) is 8.40. The third-order valence-electron chi connectivity index (χ3n) is 2.44. The van der Waals surface area contributed by atoms with E-state index in [4.69, 9.17) is 5.73 Å². The van der Waals surface area contributed by atoms with E-state index in [2.05, 4.69) is 4.98 Å². The quantitative estimate of drug-likeness (QED) is 0.661. The third-order valence-corrected chi connectivity index (χ3v) is 2.44. The molecular formula is C9H8F3N3O2. The van der Waals surface area contributed by atoms with Crippen LogP contribution in [-0.4, -0.2) is 22.1 Å². The number of nitrogens with zero attached hydrogens (tertiary/aromatic N) is 2. The molecule has 0 fully saturated rings. The van der Waals surface area contributed by atoms with Crippen molar-refractivity contribution in [1.82, 2.24) is 4.98 Å². The maximum absolute atomic E-state index is 12.4. The average Bonchev–Trinajstić information content (AvgIpc) is 2.24. The summed E-state index contributed by atoms with van der Waals surface area (Å²) in [6.07, 6.45) is -4.04. The lowest BCUT2D eigenvalue weighted by Gasteiger charge is -2.26. The van der Waals surface area contributed by atoms with Crippen molar-refractivity contribution in [2.45, 2.75) is 18.6 Å². The Kier molecular flexibility index (Phi) is 2.55. The van der Waals surface area contributed by atoms with E-state index >= 15 is 0 Å². The molecule has 1 aromatic heterocycles. The normalized spacial score (nSPS) is 20.4. The summed E-state index contributed by atoms with van der Waals surface area (Å²) in [4.78, 5) is 14.7. The predicted octanol–water partition coefficient (Wildman–Crippen LogP) is 0.706. The lowest BCUT2D eigenvalue weighted by molar-refractivity contribution is -0.137. The Morgan fingerprint density at radius 2 is 2.18 bits per heavy atom. The molecule has 92 valence electrons. The molecule has 0 radical (unpaired) electrons. The number of hydrogen-bond donors (Lipinski definition) is 2. The van der Waals surface area contributed by atoms with Crippen molar-refractivity contribution in [2.24, 2.45) is 5.73 Å². The number of hydroxylamine groups is 1. The minimum Gasteiger partial charge on any atom is -0.320 e. The number of anilines is 1. The first-order valence-corrected chi connectivity index (χ1v) is 4.65. The molecule has 2 heterocycles. The number of rotatable bonds is 0. The summed E-state index contributed by atoms with van der Waals surface area (Å²) in [6, 6.07) is -0.226. The number of nitrogens with two attached hydrogens (primary N) is 1. The Balaban J connectivity index is 2.48. The van der Waals surface area contributed by atoms with E-state index in [9.17, 15) is 23.2 Å². The first kappa shape index (κ1) is 11.8. The molecule has 0 spiro atoms. The van der Waals surface area contributed by atoms with Crippen LogP contribution in [0.2, 0.25) is 0 Å². The van der Waals surface area contributed by atoms with Crippen LogP contribution in [0, 0.1) is 0 Å². The van der Waals surface area contributed by atoms with Crippen molar-refractivity contribution in [3.63, 3.8) is 0 Å². The van der Waals surface area contributed by atoms with E-state index in [0.717, 1.165) is 6.07 Å². The second kappa shape index (κ2) is 3.67. The fourth-order valence-electron chi connectivity index (χ4n) is 1.58. The van der Waals surface area contributed by atoms with E-state index in [-0.39, 0.29) is 22.9 Å². The third kappa shape index (κ3) is 1.96. The van der Waals surface area contributed by atoms with Crippen LogP contribution in [-0.2, 0) is 17.4 Å². The molecule has 2 rings (SSSR count). The zero-order valence-corrected chi connectivity index (χ0v) is 8.40. The molecule has 5 nitrogen and oxygen atoms in total. The molecule has 17 heavy (non-hydrogen) atoms. The first-order chi connectivity index (χ1) is 7.80. The maximum Gasteiger partial charge on any atom is 0.417 e. The SMILES string of the molecule is N[C@H]1Cc2cc(C(F)(F)F)cnc2N(O)C1=O. The molecule has 8 heteroatoms. The van der Waals surface area contributed by atoms with Gasteiger partial charge in [-0.05, 0) is 6.07 Å². The first-order valence-electron chi connectivity index (χ1n) is 4.65. The molecule has 0 saturated carbocycles. The van der Waals surface area contributed by atoms with Gasteiger partial charge in [0.1, 0.15) is 0 Å². The summed E-state index contributed by atoms with van der Waals surface area (Å²) in [5.41, 5.74) is 4.54. The number of carbonyl (C=O) groups is 1. The van der Waals surface area contributed by atoms with E-state index in [1.54, 1.807) is 0 Å². The van der Waals surface area contributed by atoms with Gasteiger partial charge in [0.2, 0.25) is 0 Å². The highest BCUT2D eigenvalue weighted by molar-refractivity contribution is 5.97. The number of carbonyl (C=O) groups excluding carboxylic acids is 1. The van der Waals surface area contributed by atoms with Gasteiger partial charge in [-0.3, -0.25) is 10.0 Å². The van der Waals surface area contributed by atoms with Crippen molar-refractivity contribution in [2.75, 3.05) is 5.06 Å². The highest BCUT2D eigenvalue weighted by Crippen LogP contribution is 2.33. The smallest absolute Gasteiger partial charge is 0.320 e. The van der Waals surface area contributed by atoms with E-state index in [0.29, 0.717) is 6.20 Å². The predicted molar refractivity (Wildman–Crippen MR) is 50.2 cm³/mol. The zero-order chi connectivity index (χ0) is 12.8. The summed E-state index contributed by atoms with van der Waals surface area (Å²) >= 11 is 0. The molecule has 0 bridgehead atoms. The van der Waals surface area contributed by atoms with Crippen molar-refractivity contribution in [3.8, 4) is 0 Å². The largest absolute Gasteiger partial charge is 0.417 e. The molecule has 0 unspecified atom stereocenters. The molecule has 3 N–H and O–H groups in total. The number of alkyl halides is 3. The molecule has 1 atom stereocenters. The van der Waals surface area contributed by atoms with E-state index < -0.39 is 23.7 Å². The molecular weight excluding hydrogens is 239 g/mol. The van der Waals surface area contributed by atoms with Gasteiger partial charge in [0.05, 0.1) is 11.6 Å². The summed E-state index contributed by atoms with van der Waals surface area (Å²) in [7, 11) is 0. The fourth-order valence-corrected chi connectivity index (χ4v) is 1.58. The molecule has 1 aliphatic heterocycles. The van der Waals surface area contributed by atoms with Crippen LogP contribution in [0.3, 0.4) is 0 Å². The summed E-state index contributed by atoms with van der Waals surface area (Å²) in [5, 5.41) is 9.54. The van der Waals surface area contributed by atoms with Crippen molar-refractivity contribution < 1.29 is 23.2 Å². The van der Waals surface area contributed by atoms with Crippen molar-refractivity contribution >= 4 is 11.7 Å². The second-order valence-electron chi connectivity index (χ2n) is 3.67. The summed E-state index contributed by atoms with van der Waals surface area (Å²) in [5.74, 6) is -0.991. The minimum absolute atomic E-state index is 0.0812. The van der Waals surface area contributed by atoms with Gasteiger partial charge in [-0.25, -0.2) is 4.98 Å². The summed E-state index contributed by atoms with van der Waals surface area (Å²) in [6.45, 7) is 0. The lowest BCUT2D eigenvalue weighted by Crippen LogP contribution is -2.47. The van der Waals surface area contributed by atoms with Gasteiger partial charge >= 0.3 is 6.18 Å². The van der Waals surface area contributed by atoms with Crippen LogP contribution in [0.1, 0.15) is 11.1 Å². The fraction of sp³-hybridized carbons (Fsp3) is 0.333. The van der Waals surface area contributed by atoms with Gasteiger partial charge in [-0.2, -0.15) is 18.2 Å². The number of fused-ring (bicyclic) bond motifs is 1. The van der Waals surface area contributed by atoms with Crippen LogP contribution >= 0.6 is 0 Å². The summed E-state index contributed by atoms with van der Waals surface area (Å²) < 4.78 is 37.2. The second-order valence-corrected chi connectivity index (χ2v) is 3.67. The topological polar surface area (TPSA) is 79.4 Å². The van der Waals surface area contributed by atoms with Gasteiger partial charge in [0, 0.05) is 18.2 Å². The van der Waals surface area contributed by atoms with Gasteiger partial charge in [-0.15, -0.1) is 0 Å². The standard InChI is InChI=1S/C9H8F3N3O2/c10-9(11,12)5-1-4-2-6(13)8(16)15(17)7(4)14-3-5/h1,3,6,17H,2,13H2/t6-/m0/s1. The Morgan fingerprint density at radius 3 is 2.76 bits per heavy atom. The Hall–Kier alpha value is -1.67. The number of aromatic nitrogens is 1. The van der Waals surface area contributed by atoms with Gasteiger partial charge < -0.3 is 5.73 Å². The van der Waals surface area contributed by atoms with Crippen LogP contribution in [0.5, 0.6) is 0 Å². The molecule has 0 aromatic carbocycles. The van der Waals surface area contributed by atoms with Crippen LogP contribution < -0.4 is 10.8 Å². The number of amides is 1. The Labute approximate surface area is 93.6 Å². The van der Waals surface area contributed by atoms with Crippen LogP contribution in [0.4, 0.5) is 19.0 Å². The Morgan fingerprint density at radius 1 is 1.53 bits per heavy atom. The molecule has 1 aromatic rings. The van der Waals surface area contributed by atoms with E-state index in [1.807, 2.05) is 0 Å². The van der Waals surface area contributed by atoms with Crippen molar-refractivity contribution in [3.05, 3.63) is 23.4 Å². The highest BCUT2D eigenvalue weighted by Gasteiger charge is 2.35. The maximum atomic E-state index is 12.4. The van der Waals surface area contributed by atoms with E-state index in [1.165, 1.54) is 0 Å². The molecule has 1 amide bonds. The molecule has 0 aliphatic carbocycles. The van der Waals surface area contributed by atoms with Crippen LogP contribution in [0.25, 0.3) is 0 Å². The van der Waals surface area contributed by atoms with Gasteiger partial charge in [-0.1, -0.05) is 0 Å². The lowest BCUT2D eigenvalue weighted by atomic mass is 10.0. The minimum atomic E-state index is -4.52. The Bertz CT molecular complexity index is 475. The van der Waals surface area contributed by atoms with Crippen molar-refractivity contribution in [1.29, 1.82) is 0 Å². The van der Waals surface area contributed by atoms with Crippen LogP contribution in [0.15, 0.2) is 12.3 Å². The average molecular weight is 247 g/mol. The number of pyridine rings is 1. The highest BCUT2D eigenvalue weighted by atomic mass is 19.4. The molecule has 1 aliphatic rings. The monoisotopic (exact) mass is 247 g/mol. The van der Waals surface area contributed by atoms with Gasteiger partial charge in [0.25, 0.3) is 5.91 Å². The number of hydrogen-bond acceptors (Lipinski definition) is 4. The molecule has 0 saturated heterocycles. The van der Waals surface area contributed by atoms with Gasteiger partial charge in [0.15, 0.2) is 5.82 Å².